The summed E-state index contributed by atoms with van der Waals surface area (Å²) in [5.41, 5.74) is 2.42. The summed E-state index contributed by atoms with van der Waals surface area (Å²) in [5.74, 6) is 0.484. The fourth-order valence-electron chi connectivity index (χ4n) is 3.79. The van der Waals surface area contributed by atoms with Crippen LogP contribution in [-0.4, -0.2) is 40.3 Å². The van der Waals surface area contributed by atoms with Crippen LogP contribution in [0.25, 0.3) is 11.0 Å². The first-order valence-electron chi connectivity index (χ1n) is 9.30. The molecule has 3 aromatic rings. The van der Waals surface area contributed by atoms with E-state index >= 15 is 0 Å². The van der Waals surface area contributed by atoms with Gasteiger partial charge < -0.3 is 18.9 Å². The molecule has 0 aliphatic carbocycles. The molecule has 2 atom stereocenters. The molecule has 0 radical (unpaired) electrons. The van der Waals surface area contributed by atoms with E-state index in [0.29, 0.717) is 29.9 Å². The van der Waals surface area contributed by atoms with Crippen molar-refractivity contribution in [2.24, 2.45) is 5.92 Å². The number of β-amino-alcohol motifs (C(OH)–C–C–N with tert-alkyl or cyclic N) is 1. The maximum atomic E-state index is 12.8. The standard InChI is InChI=1S/C21H22N2O5/c1-12-3-4-17-14(9-21(26)27-19(17)5-12)8-20(25)23-10-15(18(24)11-23)7-16-6-13(2)22-28-16/h3-6,9,15,18,24H,7-8,10-11H2,1-2H3/t15-,18+/m1/s1. The van der Waals surface area contributed by atoms with Gasteiger partial charge in [0.05, 0.1) is 18.2 Å². The van der Waals surface area contributed by atoms with Crippen LogP contribution in [-0.2, 0) is 17.6 Å². The molecular formula is C21H22N2O5. The predicted octanol–water partition coefficient (Wildman–Crippen LogP) is 2.00. The van der Waals surface area contributed by atoms with Crippen LogP contribution in [0, 0.1) is 19.8 Å². The number of aryl methyl sites for hydroxylation is 2. The first-order valence-corrected chi connectivity index (χ1v) is 9.30. The fraction of sp³-hybridized carbons (Fsp3) is 0.381. The zero-order chi connectivity index (χ0) is 19.8. The minimum atomic E-state index is -0.616. The van der Waals surface area contributed by atoms with Crippen LogP contribution >= 0.6 is 0 Å². The molecule has 7 heteroatoms. The molecule has 3 heterocycles. The number of likely N-dealkylation sites (tertiary alicyclic amines) is 1. The second-order valence-corrected chi connectivity index (χ2v) is 7.53. The quantitative estimate of drug-likeness (QED) is 0.694. The molecule has 0 bridgehead atoms. The van der Waals surface area contributed by atoms with Gasteiger partial charge in [0.25, 0.3) is 0 Å². The molecule has 1 aliphatic rings. The molecule has 0 saturated carbocycles. The number of benzene rings is 1. The number of hydrogen-bond acceptors (Lipinski definition) is 6. The van der Waals surface area contributed by atoms with E-state index in [9.17, 15) is 14.7 Å². The van der Waals surface area contributed by atoms with Gasteiger partial charge in [-0.1, -0.05) is 17.3 Å². The maximum absolute atomic E-state index is 12.8. The highest BCUT2D eigenvalue weighted by Gasteiger charge is 2.34. The van der Waals surface area contributed by atoms with Gasteiger partial charge in [0.15, 0.2) is 0 Å². The van der Waals surface area contributed by atoms with Crippen molar-refractivity contribution in [1.29, 1.82) is 0 Å². The fourth-order valence-corrected chi connectivity index (χ4v) is 3.79. The number of rotatable bonds is 4. The minimum absolute atomic E-state index is 0.0893. The maximum Gasteiger partial charge on any atom is 0.336 e. The number of carbonyl (C=O) groups is 1. The average molecular weight is 382 g/mol. The number of amides is 1. The van der Waals surface area contributed by atoms with Gasteiger partial charge in [-0.25, -0.2) is 4.79 Å². The van der Waals surface area contributed by atoms with Gasteiger partial charge in [-0.05, 0) is 31.0 Å². The van der Waals surface area contributed by atoms with E-state index < -0.39 is 11.7 Å². The summed E-state index contributed by atoms with van der Waals surface area (Å²) in [6.45, 7) is 4.47. The van der Waals surface area contributed by atoms with Crippen molar-refractivity contribution in [3.63, 3.8) is 0 Å². The smallest absolute Gasteiger partial charge is 0.336 e. The van der Waals surface area contributed by atoms with E-state index in [1.165, 1.54) is 6.07 Å². The zero-order valence-electron chi connectivity index (χ0n) is 15.8. The molecule has 1 N–H and O–H groups in total. The molecule has 1 fully saturated rings. The number of aliphatic hydroxyl groups is 1. The molecule has 0 unspecified atom stereocenters. The lowest BCUT2D eigenvalue weighted by Crippen LogP contribution is -2.31. The molecule has 1 saturated heterocycles. The topological polar surface area (TPSA) is 96.8 Å². The second kappa shape index (κ2) is 7.24. The lowest BCUT2D eigenvalue weighted by Gasteiger charge is -2.16. The molecule has 7 nitrogen and oxygen atoms in total. The van der Waals surface area contributed by atoms with Crippen LogP contribution in [0.5, 0.6) is 0 Å². The number of nitrogens with zero attached hydrogens (tertiary/aromatic N) is 2. The summed E-state index contributed by atoms with van der Waals surface area (Å²) in [4.78, 5) is 26.4. The molecule has 28 heavy (non-hydrogen) atoms. The minimum Gasteiger partial charge on any atom is -0.423 e. The molecule has 1 aromatic carbocycles. The Bertz CT molecular complexity index is 1080. The summed E-state index contributed by atoms with van der Waals surface area (Å²) >= 11 is 0. The molecular weight excluding hydrogens is 360 g/mol. The Hall–Kier alpha value is -2.93. The Morgan fingerprint density at radius 2 is 2.07 bits per heavy atom. The normalized spacial score (nSPS) is 19.5. The zero-order valence-corrected chi connectivity index (χ0v) is 15.8. The third-order valence-electron chi connectivity index (χ3n) is 5.23. The summed E-state index contributed by atoms with van der Waals surface area (Å²) in [6.07, 6.45) is 0.00386. The van der Waals surface area contributed by atoms with Gasteiger partial charge in [0, 0.05) is 42.9 Å². The Morgan fingerprint density at radius 3 is 2.82 bits per heavy atom. The van der Waals surface area contributed by atoms with Gasteiger partial charge >= 0.3 is 5.63 Å². The molecule has 4 rings (SSSR count). The predicted molar refractivity (Wildman–Crippen MR) is 102 cm³/mol. The van der Waals surface area contributed by atoms with Crippen LogP contribution in [0.4, 0.5) is 0 Å². The van der Waals surface area contributed by atoms with Gasteiger partial charge in [-0.3, -0.25) is 4.79 Å². The van der Waals surface area contributed by atoms with E-state index in [4.69, 9.17) is 8.94 Å². The van der Waals surface area contributed by atoms with Crippen LogP contribution in [0.1, 0.15) is 22.6 Å². The SMILES string of the molecule is Cc1ccc2c(CC(=O)N3C[C@@H](Cc4cc(C)no4)[C@@H](O)C3)cc(=O)oc2c1. The van der Waals surface area contributed by atoms with Crippen molar-refractivity contribution in [3.8, 4) is 0 Å². The van der Waals surface area contributed by atoms with E-state index in [2.05, 4.69) is 5.16 Å². The van der Waals surface area contributed by atoms with E-state index in [1.54, 1.807) is 11.0 Å². The molecule has 1 aliphatic heterocycles. The second-order valence-electron chi connectivity index (χ2n) is 7.53. The van der Waals surface area contributed by atoms with Crippen LogP contribution in [0.2, 0.25) is 0 Å². The van der Waals surface area contributed by atoms with Crippen molar-refractivity contribution in [2.75, 3.05) is 13.1 Å². The summed E-state index contributed by atoms with van der Waals surface area (Å²) in [7, 11) is 0. The van der Waals surface area contributed by atoms with Crippen molar-refractivity contribution >= 4 is 16.9 Å². The molecule has 0 spiro atoms. The Kier molecular flexibility index (Phi) is 4.77. The highest BCUT2D eigenvalue weighted by Crippen LogP contribution is 2.24. The first kappa shape index (κ1) is 18.4. The number of hydrogen-bond donors (Lipinski definition) is 1. The largest absolute Gasteiger partial charge is 0.423 e. The van der Waals surface area contributed by atoms with E-state index in [1.807, 2.05) is 32.0 Å². The Labute approximate surface area is 161 Å². The molecule has 146 valence electrons. The van der Waals surface area contributed by atoms with Gasteiger partial charge in [-0.2, -0.15) is 0 Å². The molecule has 2 aromatic heterocycles. The lowest BCUT2D eigenvalue weighted by atomic mass is 10.0. The number of fused-ring (bicyclic) bond motifs is 1. The van der Waals surface area contributed by atoms with E-state index in [0.717, 1.165) is 16.6 Å². The monoisotopic (exact) mass is 382 g/mol. The van der Waals surface area contributed by atoms with Crippen molar-refractivity contribution in [1.82, 2.24) is 10.1 Å². The third kappa shape index (κ3) is 3.71. The van der Waals surface area contributed by atoms with Crippen molar-refractivity contribution in [2.45, 2.75) is 32.8 Å². The van der Waals surface area contributed by atoms with E-state index in [-0.39, 0.29) is 24.8 Å². The van der Waals surface area contributed by atoms with Crippen LogP contribution < -0.4 is 5.63 Å². The summed E-state index contributed by atoms with van der Waals surface area (Å²) in [5, 5.41) is 15.0. The summed E-state index contributed by atoms with van der Waals surface area (Å²) < 4.78 is 10.5. The van der Waals surface area contributed by atoms with Crippen molar-refractivity contribution in [3.05, 3.63) is 63.3 Å². The summed E-state index contributed by atoms with van der Waals surface area (Å²) in [6, 6.07) is 8.79. The third-order valence-corrected chi connectivity index (χ3v) is 5.23. The van der Waals surface area contributed by atoms with Crippen LogP contribution in [0.15, 0.2) is 44.1 Å². The number of carbonyl (C=O) groups excluding carboxylic acids is 1. The highest BCUT2D eigenvalue weighted by atomic mass is 16.5. The van der Waals surface area contributed by atoms with Crippen LogP contribution in [0.3, 0.4) is 0 Å². The lowest BCUT2D eigenvalue weighted by molar-refractivity contribution is -0.129. The van der Waals surface area contributed by atoms with Gasteiger partial charge in [0.1, 0.15) is 11.3 Å². The molecule has 1 amide bonds. The van der Waals surface area contributed by atoms with Gasteiger partial charge in [0.2, 0.25) is 5.91 Å². The Morgan fingerprint density at radius 1 is 1.25 bits per heavy atom. The highest BCUT2D eigenvalue weighted by molar-refractivity contribution is 5.87. The number of aliphatic hydroxyl groups excluding tert-OH is 1. The van der Waals surface area contributed by atoms with Crippen molar-refractivity contribution < 1.29 is 18.8 Å². The number of aromatic nitrogens is 1. The Balaban J connectivity index is 1.50. The average Bonchev–Trinajstić information content (AvgIpc) is 3.20. The first-order chi connectivity index (χ1) is 13.4. The van der Waals surface area contributed by atoms with Gasteiger partial charge in [-0.15, -0.1) is 0 Å².